The molecular weight excluding hydrogens is 234 g/mol. The van der Waals surface area contributed by atoms with Crippen LogP contribution in [0.2, 0.25) is 0 Å². The molecule has 0 fully saturated rings. The number of carbonyl (C=O) groups excluding carboxylic acids is 1. The monoisotopic (exact) mass is 253 g/mol. The van der Waals surface area contributed by atoms with Gasteiger partial charge in [-0.2, -0.15) is 5.10 Å². The lowest BCUT2D eigenvalue weighted by molar-refractivity contribution is -0.140. The number of carbonyl (C=O) groups is 2. The van der Waals surface area contributed by atoms with E-state index in [1.807, 2.05) is 20.8 Å². The maximum absolute atomic E-state index is 11.9. The second kappa shape index (κ2) is 5.66. The van der Waals surface area contributed by atoms with Crippen molar-refractivity contribution in [3.05, 3.63) is 17.5 Å². The Morgan fingerprint density at radius 2 is 2.06 bits per heavy atom. The number of amides is 1. The maximum atomic E-state index is 11.9. The third-order valence-corrected chi connectivity index (χ3v) is 2.77. The van der Waals surface area contributed by atoms with Crippen LogP contribution in [0.3, 0.4) is 0 Å². The third kappa shape index (κ3) is 3.09. The van der Waals surface area contributed by atoms with Gasteiger partial charge >= 0.3 is 5.97 Å². The normalized spacial score (nSPS) is 12.5. The van der Waals surface area contributed by atoms with E-state index in [-0.39, 0.29) is 18.5 Å². The van der Waals surface area contributed by atoms with Crippen molar-refractivity contribution in [3.63, 3.8) is 0 Å². The Morgan fingerprint density at radius 3 is 2.50 bits per heavy atom. The van der Waals surface area contributed by atoms with Gasteiger partial charge in [0.05, 0.1) is 17.7 Å². The van der Waals surface area contributed by atoms with Gasteiger partial charge in [-0.25, -0.2) is 0 Å². The van der Waals surface area contributed by atoms with E-state index in [2.05, 4.69) is 10.4 Å². The minimum Gasteiger partial charge on any atom is -0.481 e. The van der Waals surface area contributed by atoms with Gasteiger partial charge in [-0.15, -0.1) is 0 Å². The van der Waals surface area contributed by atoms with Crippen LogP contribution in [0, 0.1) is 12.8 Å². The van der Waals surface area contributed by atoms with Crippen molar-refractivity contribution in [1.82, 2.24) is 15.1 Å². The van der Waals surface area contributed by atoms with Gasteiger partial charge in [-0.1, -0.05) is 6.92 Å². The van der Waals surface area contributed by atoms with Gasteiger partial charge in [0.1, 0.15) is 0 Å². The molecule has 0 aliphatic carbocycles. The van der Waals surface area contributed by atoms with Crippen LogP contribution in [0.5, 0.6) is 0 Å². The Balaban J connectivity index is 2.71. The molecule has 1 rings (SSSR count). The fraction of sp³-hybridized carbons (Fsp3) is 0.583. The highest BCUT2D eigenvalue weighted by Crippen LogP contribution is 2.12. The number of hydrogen-bond donors (Lipinski definition) is 2. The minimum absolute atomic E-state index is 0.112. The molecule has 1 amide bonds. The number of rotatable bonds is 5. The first-order chi connectivity index (χ1) is 8.34. The minimum atomic E-state index is -0.926. The van der Waals surface area contributed by atoms with Crippen LogP contribution in [0.4, 0.5) is 0 Å². The highest BCUT2D eigenvalue weighted by molar-refractivity contribution is 5.95. The molecule has 18 heavy (non-hydrogen) atoms. The van der Waals surface area contributed by atoms with E-state index in [0.29, 0.717) is 5.56 Å². The SMILES string of the molecule is Cc1c(C(=O)NCC(C)C(=O)O)cnn1C(C)C. The van der Waals surface area contributed by atoms with Crippen molar-refractivity contribution in [2.75, 3.05) is 6.54 Å². The number of nitrogens with zero attached hydrogens (tertiary/aromatic N) is 2. The Hall–Kier alpha value is -1.85. The zero-order valence-corrected chi connectivity index (χ0v) is 11.1. The van der Waals surface area contributed by atoms with Gasteiger partial charge in [0.2, 0.25) is 0 Å². The Morgan fingerprint density at radius 1 is 1.44 bits per heavy atom. The lowest BCUT2D eigenvalue weighted by Crippen LogP contribution is -2.31. The molecule has 6 nitrogen and oxygen atoms in total. The summed E-state index contributed by atoms with van der Waals surface area (Å²) in [5.74, 6) is -1.81. The number of carboxylic acids is 1. The second-order valence-electron chi connectivity index (χ2n) is 4.63. The first-order valence-corrected chi connectivity index (χ1v) is 5.89. The summed E-state index contributed by atoms with van der Waals surface area (Å²) in [5.41, 5.74) is 1.27. The first-order valence-electron chi connectivity index (χ1n) is 5.89. The van der Waals surface area contributed by atoms with Crippen molar-refractivity contribution < 1.29 is 14.7 Å². The van der Waals surface area contributed by atoms with E-state index in [1.54, 1.807) is 11.6 Å². The van der Waals surface area contributed by atoms with Crippen molar-refractivity contribution in [2.24, 2.45) is 5.92 Å². The second-order valence-corrected chi connectivity index (χ2v) is 4.63. The fourth-order valence-electron chi connectivity index (χ4n) is 1.60. The van der Waals surface area contributed by atoms with E-state index in [4.69, 9.17) is 5.11 Å². The molecular formula is C12H19N3O3. The van der Waals surface area contributed by atoms with Crippen molar-refractivity contribution in [3.8, 4) is 0 Å². The molecule has 1 aromatic heterocycles. The molecule has 1 unspecified atom stereocenters. The average Bonchev–Trinajstić information content (AvgIpc) is 2.67. The van der Waals surface area contributed by atoms with Crippen LogP contribution in [0.25, 0.3) is 0 Å². The lowest BCUT2D eigenvalue weighted by Gasteiger charge is -2.10. The molecule has 1 atom stereocenters. The van der Waals surface area contributed by atoms with Crippen LogP contribution in [0.15, 0.2) is 6.20 Å². The maximum Gasteiger partial charge on any atom is 0.308 e. The molecule has 0 aliphatic rings. The molecule has 100 valence electrons. The van der Waals surface area contributed by atoms with Gasteiger partial charge in [0.25, 0.3) is 5.91 Å². The zero-order valence-electron chi connectivity index (χ0n) is 11.1. The van der Waals surface area contributed by atoms with Crippen molar-refractivity contribution >= 4 is 11.9 Å². The molecule has 6 heteroatoms. The fourth-order valence-corrected chi connectivity index (χ4v) is 1.60. The van der Waals surface area contributed by atoms with Crippen molar-refractivity contribution in [1.29, 1.82) is 0 Å². The molecule has 0 aromatic carbocycles. The smallest absolute Gasteiger partial charge is 0.308 e. The van der Waals surface area contributed by atoms with Crippen LogP contribution in [-0.2, 0) is 4.79 Å². The third-order valence-electron chi connectivity index (χ3n) is 2.77. The summed E-state index contributed by atoms with van der Waals surface area (Å²) in [5, 5.41) is 15.5. The molecule has 0 radical (unpaired) electrons. The Kier molecular flexibility index (Phi) is 4.47. The predicted molar refractivity (Wildman–Crippen MR) is 66.5 cm³/mol. The van der Waals surface area contributed by atoms with Crippen LogP contribution in [0.1, 0.15) is 42.9 Å². The highest BCUT2D eigenvalue weighted by Gasteiger charge is 2.17. The Labute approximate surface area is 106 Å². The molecule has 0 saturated heterocycles. The molecule has 0 aliphatic heterocycles. The summed E-state index contributed by atoms with van der Waals surface area (Å²) in [7, 11) is 0. The molecule has 0 bridgehead atoms. The summed E-state index contributed by atoms with van der Waals surface area (Å²) in [6.45, 7) is 7.44. The predicted octanol–water partition coefficient (Wildman–Crippen LogP) is 1.22. The highest BCUT2D eigenvalue weighted by atomic mass is 16.4. The van der Waals surface area contributed by atoms with E-state index < -0.39 is 11.9 Å². The summed E-state index contributed by atoms with van der Waals surface area (Å²) in [4.78, 5) is 22.5. The van der Waals surface area contributed by atoms with Gasteiger partial charge in [-0.05, 0) is 20.8 Å². The van der Waals surface area contributed by atoms with E-state index >= 15 is 0 Å². The van der Waals surface area contributed by atoms with E-state index in [0.717, 1.165) is 5.69 Å². The lowest BCUT2D eigenvalue weighted by atomic mass is 10.1. The average molecular weight is 253 g/mol. The Bertz CT molecular complexity index is 451. The topological polar surface area (TPSA) is 84.2 Å². The molecule has 2 N–H and O–H groups in total. The number of aromatic nitrogens is 2. The van der Waals surface area contributed by atoms with E-state index in [1.165, 1.54) is 6.20 Å². The van der Waals surface area contributed by atoms with Crippen LogP contribution in [-0.4, -0.2) is 33.3 Å². The first kappa shape index (κ1) is 14.2. The van der Waals surface area contributed by atoms with Crippen LogP contribution >= 0.6 is 0 Å². The standard InChI is InChI=1S/C12H19N3O3/c1-7(2)15-9(4)10(6-14-15)11(16)13-5-8(3)12(17)18/h6-8H,5H2,1-4H3,(H,13,16)(H,17,18). The summed E-state index contributed by atoms with van der Waals surface area (Å²) in [6, 6.07) is 0.185. The number of hydrogen-bond acceptors (Lipinski definition) is 3. The van der Waals surface area contributed by atoms with Gasteiger partial charge in [0.15, 0.2) is 0 Å². The van der Waals surface area contributed by atoms with Crippen molar-refractivity contribution in [2.45, 2.75) is 33.7 Å². The number of nitrogens with one attached hydrogen (secondary N) is 1. The van der Waals surface area contributed by atoms with E-state index in [9.17, 15) is 9.59 Å². The molecule has 1 aromatic rings. The van der Waals surface area contributed by atoms with Gasteiger partial charge in [-0.3, -0.25) is 14.3 Å². The summed E-state index contributed by atoms with van der Waals surface area (Å²) >= 11 is 0. The zero-order chi connectivity index (χ0) is 13.9. The number of aliphatic carboxylic acids is 1. The molecule has 0 saturated carbocycles. The summed E-state index contributed by atoms with van der Waals surface area (Å²) < 4.78 is 1.76. The quantitative estimate of drug-likeness (QED) is 0.826. The van der Waals surface area contributed by atoms with Crippen LogP contribution < -0.4 is 5.32 Å². The molecule has 0 spiro atoms. The van der Waals surface area contributed by atoms with Gasteiger partial charge < -0.3 is 10.4 Å². The largest absolute Gasteiger partial charge is 0.481 e. The summed E-state index contributed by atoms with van der Waals surface area (Å²) in [6.07, 6.45) is 1.51. The molecule has 1 heterocycles. The van der Waals surface area contributed by atoms with Gasteiger partial charge in [0, 0.05) is 18.3 Å². The number of carboxylic acid groups (broad SMARTS) is 1.